The number of ether oxygens (including phenoxy) is 4. The normalized spacial score (nSPS) is 18.2. The Kier molecular flexibility index (Phi) is 12.6. The van der Waals surface area contributed by atoms with Crippen LogP contribution in [0.15, 0.2) is 48.7 Å². The van der Waals surface area contributed by atoms with E-state index in [1.165, 1.54) is 14.2 Å². The molecule has 2 saturated heterocycles. The molecule has 334 valence electrons. The number of likely N-dealkylation sites (tertiary alicyclic amines) is 1. The van der Waals surface area contributed by atoms with Crippen molar-refractivity contribution in [2.75, 3.05) is 34.0 Å². The first-order valence-corrected chi connectivity index (χ1v) is 22.1. The maximum atomic E-state index is 14.2. The summed E-state index contributed by atoms with van der Waals surface area (Å²) in [7, 11) is 2.59. The van der Waals surface area contributed by atoms with Gasteiger partial charge in [-0.1, -0.05) is 39.0 Å². The van der Waals surface area contributed by atoms with Gasteiger partial charge in [0.25, 0.3) is 0 Å². The second kappa shape index (κ2) is 18.3. The first kappa shape index (κ1) is 43.5. The largest absolute Gasteiger partial charge is 0.488 e. The molecule has 0 bridgehead atoms. The Morgan fingerprint density at radius 3 is 2.43 bits per heavy atom. The van der Waals surface area contributed by atoms with Crippen LogP contribution < -0.4 is 15.4 Å². The fourth-order valence-corrected chi connectivity index (χ4v) is 9.41. The first-order valence-electron chi connectivity index (χ1n) is 22.1. The number of carbonyl (C=O) groups excluding carboxylic acids is 4. The third kappa shape index (κ3) is 8.52. The second-order valence-corrected chi connectivity index (χ2v) is 17.3. The van der Waals surface area contributed by atoms with Crippen LogP contribution in [0, 0.1) is 11.8 Å². The zero-order chi connectivity index (χ0) is 44.5. The molecule has 0 spiro atoms. The molecule has 5 heterocycles. The number of nitrogens with zero attached hydrogens (tertiary/aromatic N) is 4. The van der Waals surface area contributed by atoms with Gasteiger partial charge in [0.2, 0.25) is 11.8 Å². The first-order chi connectivity index (χ1) is 30.4. The predicted octanol–water partition coefficient (Wildman–Crippen LogP) is 7.55. The van der Waals surface area contributed by atoms with Crippen LogP contribution >= 0.6 is 0 Å². The molecule has 3 aliphatic heterocycles. The zero-order valence-corrected chi connectivity index (χ0v) is 37.1. The summed E-state index contributed by atoms with van der Waals surface area (Å²) in [4.78, 5) is 73.2. The monoisotopic (exact) mass is 862 g/mol. The summed E-state index contributed by atoms with van der Waals surface area (Å²) in [6.07, 6.45) is 4.18. The fraction of sp³-hybridized carbons (Fsp3) is 0.489. The Bertz CT molecular complexity index is 2510. The molecule has 5 atom stereocenters. The average molecular weight is 863 g/mol. The van der Waals surface area contributed by atoms with Gasteiger partial charge in [-0.25, -0.2) is 19.6 Å². The van der Waals surface area contributed by atoms with Gasteiger partial charge < -0.3 is 49.3 Å². The second-order valence-electron chi connectivity index (χ2n) is 17.3. The standard InChI is InChI=1S/C47H58N8O8/c1-8-26(4)55(45(57)39(25(2)3)52-46(58)60-6)27(5)42-48-23-36(50-42)30-11-13-32-31(20-30)24-63-38-22-33-29(21-34(32)38)12-14-35-41(33)51-43(49-35)37-10-9-17-54(37)44(56)40(53-47(59)61-7)28-15-18-62-19-16-28/h11-14,20-23,25-28,37,39-40H,8-10,15-19,24H2,1-7H3,(H,48,50)(H,49,51)(H,52,58)(H,53,59)/t26-,27-,37-,39-,40-/m0/s1. The highest BCUT2D eigenvalue weighted by Crippen LogP contribution is 2.43. The minimum Gasteiger partial charge on any atom is -0.488 e. The Morgan fingerprint density at radius 1 is 0.937 bits per heavy atom. The molecule has 4 amide bonds. The van der Waals surface area contributed by atoms with E-state index in [0.717, 1.165) is 80.6 Å². The number of nitrogens with one attached hydrogen (secondary N) is 4. The molecular weight excluding hydrogens is 805 g/mol. The van der Waals surface area contributed by atoms with Gasteiger partial charge in [0.1, 0.15) is 36.1 Å². The number of hydrogen-bond donors (Lipinski definition) is 4. The molecular formula is C47H58N8O8. The van der Waals surface area contributed by atoms with Crippen molar-refractivity contribution in [1.82, 2.24) is 40.4 Å². The molecule has 0 unspecified atom stereocenters. The maximum absolute atomic E-state index is 14.2. The van der Waals surface area contributed by atoms with Crippen LogP contribution in [0.3, 0.4) is 0 Å². The quantitative estimate of drug-likeness (QED) is 0.0974. The Hall–Kier alpha value is -6.16. The van der Waals surface area contributed by atoms with Crippen molar-refractivity contribution in [3.63, 3.8) is 0 Å². The summed E-state index contributed by atoms with van der Waals surface area (Å²) in [6.45, 7) is 11.8. The summed E-state index contributed by atoms with van der Waals surface area (Å²) in [6, 6.07) is 12.4. The number of methoxy groups -OCH3 is 2. The molecule has 16 heteroatoms. The molecule has 4 N–H and O–H groups in total. The summed E-state index contributed by atoms with van der Waals surface area (Å²) < 4.78 is 21.7. The zero-order valence-electron chi connectivity index (χ0n) is 37.1. The average Bonchev–Trinajstić information content (AvgIpc) is 4.10. The van der Waals surface area contributed by atoms with Crippen molar-refractivity contribution >= 4 is 45.8 Å². The highest BCUT2D eigenvalue weighted by atomic mass is 16.5. The van der Waals surface area contributed by atoms with Crippen molar-refractivity contribution in [2.24, 2.45) is 11.8 Å². The molecule has 8 rings (SSSR count). The van der Waals surface area contributed by atoms with E-state index in [9.17, 15) is 19.2 Å². The van der Waals surface area contributed by atoms with E-state index in [1.807, 2.05) is 45.6 Å². The van der Waals surface area contributed by atoms with Crippen LogP contribution in [-0.4, -0.2) is 106 Å². The van der Waals surface area contributed by atoms with Crippen molar-refractivity contribution in [1.29, 1.82) is 0 Å². The van der Waals surface area contributed by atoms with Gasteiger partial charge in [-0.05, 0) is 104 Å². The smallest absolute Gasteiger partial charge is 0.407 e. The van der Waals surface area contributed by atoms with Gasteiger partial charge >= 0.3 is 12.2 Å². The molecule has 2 aromatic heterocycles. The highest BCUT2D eigenvalue weighted by Gasteiger charge is 2.40. The van der Waals surface area contributed by atoms with Crippen molar-refractivity contribution < 1.29 is 38.1 Å². The number of carbonyl (C=O) groups is 4. The van der Waals surface area contributed by atoms with Gasteiger partial charge in [0.05, 0.1) is 49.2 Å². The molecule has 0 saturated carbocycles. The third-order valence-corrected chi connectivity index (χ3v) is 13.1. The number of hydrogen-bond acceptors (Lipinski definition) is 10. The molecule has 0 radical (unpaired) electrons. The molecule has 63 heavy (non-hydrogen) atoms. The van der Waals surface area contributed by atoms with E-state index in [0.29, 0.717) is 45.0 Å². The molecule has 3 aliphatic rings. The maximum Gasteiger partial charge on any atom is 0.407 e. The Labute approximate surface area is 366 Å². The molecule has 5 aromatic rings. The molecule has 3 aromatic carbocycles. The number of alkyl carbamates (subject to hydrolysis) is 2. The van der Waals surface area contributed by atoms with Crippen LogP contribution in [0.5, 0.6) is 5.75 Å². The van der Waals surface area contributed by atoms with Gasteiger partial charge in [-0.15, -0.1) is 0 Å². The number of benzene rings is 3. The van der Waals surface area contributed by atoms with Crippen LogP contribution in [0.4, 0.5) is 9.59 Å². The minimum atomic E-state index is -0.758. The van der Waals surface area contributed by atoms with Gasteiger partial charge in [-0.2, -0.15) is 0 Å². The van der Waals surface area contributed by atoms with Crippen LogP contribution in [0.2, 0.25) is 0 Å². The highest BCUT2D eigenvalue weighted by molar-refractivity contribution is 6.07. The number of aromatic amines is 2. The third-order valence-electron chi connectivity index (χ3n) is 13.1. The van der Waals surface area contributed by atoms with Crippen LogP contribution in [0.25, 0.3) is 44.2 Å². The minimum absolute atomic E-state index is 0.0477. The SMILES string of the molecule is CC[C@H](C)N(C(=O)[C@@H](NC(=O)OC)C(C)C)[C@@H](C)c1ncc(-c2ccc3c(c2)COc2cc4c(ccc5[nH]c([C@@H]6CCCN6C(=O)[C@@H](NC(=O)OC)C6CCOCC6)nc54)cc2-3)[nH]1. The summed E-state index contributed by atoms with van der Waals surface area (Å²) in [5, 5.41) is 7.51. The van der Waals surface area contributed by atoms with Crippen molar-refractivity contribution in [3.8, 4) is 28.1 Å². The number of amides is 4. The number of aromatic nitrogens is 4. The molecule has 0 aliphatic carbocycles. The molecule has 16 nitrogen and oxygen atoms in total. The van der Waals surface area contributed by atoms with Gasteiger partial charge in [-0.3, -0.25) is 9.59 Å². The summed E-state index contributed by atoms with van der Waals surface area (Å²) >= 11 is 0. The van der Waals surface area contributed by atoms with Crippen LogP contribution in [-0.2, 0) is 30.4 Å². The van der Waals surface area contributed by atoms with E-state index in [1.54, 1.807) is 11.1 Å². The Morgan fingerprint density at radius 2 is 1.70 bits per heavy atom. The molecule has 2 fully saturated rings. The number of imidazole rings is 2. The van der Waals surface area contributed by atoms with E-state index >= 15 is 0 Å². The van der Waals surface area contributed by atoms with E-state index in [4.69, 9.17) is 28.9 Å². The lowest BCUT2D eigenvalue weighted by Crippen LogP contribution is -2.54. The van der Waals surface area contributed by atoms with E-state index in [2.05, 4.69) is 57.0 Å². The van der Waals surface area contributed by atoms with Crippen molar-refractivity contribution in [2.45, 2.75) is 104 Å². The number of H-pyrrole nitrogens is 2. The Balaban J connectivity index is 1.03. The lowest BCUT2D eigenvalue weighted by atomic mass is 9.90. The van der Waals surface area contributed by atoms with E-state index in [-0.39, 0.29) is 35.7 Å². The lowest BCUT2D eigenvalue weighted by molar-refractivity contribution is -0.139. The van der Waals surface area contributed by atoms with E-state index < -0.39 is 30.3 Å². The summed E-state index contributed by atoms with van der Waals surface area (Å²) in [5.74, 6) is 1.59. The number of fused-ring (bicyclic) bond motifs is 6. The van der Waals surface area contributed by atoms with Gasteiger partial charge in [0.15, 0.2) is 0 Å². The number of rotatable bonds is 12. The summed E-state index contributed by atoms with van der Waals surface area (Å²) in [5.41, 5.74) is 6.51. The van der Waals surface area contributed by atoms with Crippen molar-refractivity contribution in [3.05, 3.63) is 65.9 Å². The topological polar surface area (TPSA) is 193 Å². The van der Waals surface area contributed by atoms with Gasteiger partial charge in [0, 0.05) is 36.8 Å². The predicted molar refractivity (Wildman–Crippen MR) is 237 cm³/mol. The van der Waals surface area contributed by atoms with Crippen LogP contribution in [0.1, 0.15) is 96.0 Å². The lowest BCUT2D eigenvalue weighted by Gasteiger charge is -2.37. The fourth-order valence-electron chi connectivity index (χ4n) is 9.41.